The van der Waals surface area contributed by atoms with E-state index in [1.165, 1.54) is 33.1 Å². The van der Waals surface area contributed by atoms with Gasteiger partial charge in [-0.3, -0.25) is 14.5 Å². The highest BCUT2D eigenvalue weighted by molar-refractivity contribution is 8.01. The minimum absolute atomic E-state index is 0.0711. The number of fused-ring (bicyclic) bond motifs is 1. The fourth-order valence-electron chi connectivity index (χ4n) is 3.81. The Morgan fingerprint density at radius 2 is 2.10 bits per heavy atom. The summed E-state index contributed by atoms with van der Waals surface area (Å²) in [6.45, 7) is 0.749. The summed E-state index contributed by atoms with van der Waals surface area (Å²) in [5, 5.41) is 27.9. The molecule has 4 heterocycles. The van der Waals surface area contributed by atoms with E-state index in [2.05, 4.69) is 35.4 Å². The van der Waals surface area contributed by atoms with Crippen molar-refractivity contribution in [3.05, 3.63) is 47.4 Å². The Bertz CT molecular complexity index is 1490. The number of aromatic nitrogens is 6. The number of nitrogens with two attached hydrogens (primary N) is 2. The number of hydrogen-bond acceptors (Lipinski definition) is 15. The van der Waals surface area contributed by atoms with Crippen LogP contribution < -0.4 is 21.6 Å². The van der Waals surface area contributed by atoms with E-state index in [-0.39, 0.29) is 28.1 Å². The summed E-state index contributed by atoms with van der Waals surface area (Å²) in [4.78, 5) is 49.1. The second-order valence-electron chi connectivity index (χ2n) is 8.18. The molecule has 0 aliphatic carbocycles. The molecule has 0 bridgehead atoms. The van der Waals surface area contributed by atoms with Gasteiger partial charge in [0.15, 0.2) is 10.9 Å². The molecule has 2 aliphatic rings. The van der Waals surface area contributed by atoms with E-state index >= 15 is 0 Å². The smallest absolute Gasteiger partial charge is 0.352 e. The Morgan fingerprint density at radius 1 is 1.30 bits per heavy atom. The van der Waals surface area contributed by atoms with Gasteiger partial charge in [0.25, 0.3) is 11.8 Å². The van der Waals surface area contributed by atoms with Crippen LogP contribution >= 0.6 is 35.1 Å². The van der Waals surface area contributed by atoms with Crippen molar-refractivity contribution < 1.29 is 24.3 Å². The number of carboxylic acids is 1. The first-order valence-corrected chi connectivity index (χ1v) is 14.4. The molecule has 19 heteroatoms. The van der Waals surface area contributed by atoms with Gasteiger partial charge < -0.3 is 26.7 Å². The van der Waals surface area contributed by atoms with E-state index in [1.807, 2.05) is 0 Å². The van der Waals surface area contributed by atoms with Crippen LogP contribution in [0.1, 0.15) is 5.82 Å². The molecule has 2 atom stereocenters. The minimum atomic E-state index is -1.25. The number of anilines is 1. The topological polar surface area (TPSA) is 230 Å². The van der Waals surface area contributed by atoms with Crippen molar-refractivity contribution in [3.8, 4) is 5.75 Å². The number of tetrazole rings is 1. The minimum Gasteiger partial charge on any atom is -0.477 e. The maximum atomic E-state index is 13.2. The summed E-state index contributed by atoms with van der Waals surface area (Å²) < 4.78 is 5.55. The third-order valence-electron chi connectivity index (χ3n) is 5.61. The first kappa shape index (κ1) is 27.5. The predicted molar refractivity (Wildman–Crippen MR) is 145 cm³/mol. The Hall–Kier alpha value is -4.07. The maximum absolute atomic E-state index is 13.2. The van der Waals surface area contributed by atoms with Crippen molar-refractivity contribution >= 4 is 63.7 Å². The number of aliphatic carboxylic acids is 1. The molecule has 2 aromatic heterocycles. The van der Waals surface area contributed by atoms with Crippen molar-refractivity contribution in [1.29, 1.82) is 0 Å². The van der Waals surface area contributed by atoms with Crippen molar-refractivity contribution in [1.82, 2.24) is 39.8 Å². The summed E-state index contributed by atoms with van der Waals surface area (Å²) in [5.41, 5.74) is 11.4. The fourth-order valence-corrected chi connectivity index (χ4v) is 6.64. The van der Waals surface area contributed by atoms with E-state index in [4.69, 9.17) is 16.3 Å². The first-order chi connectivity index (χ1) is 19.4. The number of carboxylic acid groups (broad SMARTS) is 1. The molecule has 1 fully saturated rings. The summed E-state index contributed by atoms with van der Waals surface area (Å²) >= 11 is 3.44. The third-order valence-corrected chi connectivity index (χ3v) is 8.53. The van der Waals surface area contributed by atoms with Gasteiger partial charge in [-0.05, 0) is 28.1 Å². The van der Waals surface area contributed by atoms with Crippen LogP contribution in [-0.2, 0) is 20.9 Å². The number of β-lactam (4-membered cyclic amide) rings is 1. The number of nitrogens with zero attached hydrogens (tertiary/aromatic N) is 8. The lowest BCUT2D eigenvalue weighted by molar-refractivity contribution is -0.150. The zero-order chi connectivity index (χ0) is 28.2. The van der Waals surface area contributed by atoms with Gasteiger partial charge in [0.2, 0.25) is 16.7 Å². The number of carbonyl (C=O) groups excluding carboxylic acids is 2. The van der Waals surface area contributed by atoms with Crippen LogP contribution in [0.5, 0.6) is 5.75 Å². The monoisotopic (exact) mass is 603 g/mol. The Kier molecular flexibility index (Phi) is 8.24. The molecular weight excluding hydrogens is 583 g/mol. The van der Waals surface area contributed by atoms with Gasteiger partial charge in [0.1, 0.15) is 17.1 Å². The highest BCUT2D eigenvalue weighted by atomic mass is 32.2. The summed E-state index contributed by atoms with van der Waals surface area (Å²) in [7, 11) is 0. The van der Waals surface area contributed by atoms with Gasteiger partial charge in [-0.1, -0.05) is 35.1 Å². The lowest BCUT2D eigenvalue weighted by Gasteiger charge is -2.49. The fraction of sp³-hybridized carbons (Fsp3) is 0.286. The van der Waals surface area contributed by atoms with Crippen LogP contribution in [0.2, 0.25) is 0 Å². The average Bonchev–Trinajstić information content (AvgIpc) is 3.59. The van der Waals surface area contributed by atoms with Crippen LogP contribution in [0.15, 0.2) is 51.9 Å². The Morgan fingerprint density at radius 3 is 2.80 bits per heavy atom. The number of oxime groups is 1. The van der Waals surface area contributed by atoms with E-state index < -0.39 is 29.2 Å². The molecule has 0 saturated carbocycles. The van der Waals surface area contributed by atoms with Crippen LogP contribution in [0.25, 0.3) is 0 Å². The van der Waals surface area contributed by atoms with E-state index in [9.17, 15) is 19.5 Å². The van der Waals surface area contributed by atoms with Crippen LogP contribution in [0.4, 0.5) is 5.13 Å². The Balaban J connectivity index is 1.31. The van der Waals surface area contributed by atoms with Crippen molar-refractivity contribution in [2.75, 3.05) is 23.8 Å². The SMILES string of the molecule is NCCn1nnnc1SCC1=C(C(=O)O)N2C(=O)C(NC(=O)/C(=N/Oc3ccccc3)c3nsc(N)n3)C2SC1. The van der Waals surface area contributed by atoms with Crippen molar-refractivity contribution in [2.45, 2.75) is 23.1 Å². The summed E-state index contributed by atoms with van der Waals surface area (Å²) in [5.74, 6) is -1.75. The van der Waals surface area contributed by atoms with Gasteiger partial charge in [0.05, 0.1) is 6.54 Å². The van der Waals surface area contributed by atoms with Gasteiger partial charge in [0, 0.05) is 29.6 Å². The molecule has 0 spiro atoms. The van der Waals surface area contributed by atoms with Crippen LogP contribution in [0, 0.1) is 0 Å². The van der Waals surface area contributed by atoms with E-state index in [1.54, 1.807) is 30.3 Å². The molecule has 6 N–H and O–H groups in total. The molecular formula is C21H21N11O5S3. The number of benzene rings is 1. The number of carbonyl (C=O) groups is 3. The van der Waals surface area contributed by atoms with Gasteiger partial charge in [-0.2, -0.15) is 9.36 Å². The summed E-state index contributed by atoms with van der Waals surface area (Å²) in [6, 6.07) is 7.53. The zero-order valence-corrected chi connectivity index (χ0v) is 22.9. The number of nitrogens with one attached hydrogen (secondary N) is 1. The second-order valence-corrected chi connectivity index (χ2v) is 11.0. The molecule has 16 nitrogen and oxygen atoms in total. The number of rotatable bonds is 11. The highest BCUT2D eigenvalue weighted by Gasteiger charge is 2.54. The highest BCUT2D eigenvalue weighted by Crippen LogP contribution is 2.41. The molecule has 1 saturated heterocycles. The predicted octanol–water partition coefficient (Wildman–Crippen LogP) is -0.620. The van der Waals surface area contributed by atoms with Crippen molar-refractivity contribution in [2.24, 2.45) is 10.9 Å². The molecule has 0 radical (unpaired) electrons. The Labute approximate surface area is 238 Å². The lowest BCUT2D eigenvalue weighted by Crippen LogP contribution is -2.71. The molecule has 2 aliphatic heterocycles. The molecule has 208 valence electrons. The number of para-hydroxylation sites is 1. The number of hydrogen-bond donors (Lipinski definition) is 4. The first-order valence-electron chi connectivity index (χ1n) is 11.6. The molecule has 40 heavy (non-hydrogen) atoms. The maximum Gasteiger partial charge on any atom is 0.352 e. The normalized spacial score (nSPS) is 18.8. The average molecular weight is 604 g/mol. The largest absolute Gasteiger partial charge is 0.477 e. The van der Waals surface area contributed by atoms with Crippen molar-refractivity contribution in [3.63, 3.8) is 0 Å². The molecule has 2 amide bonds. The molecule has 3 aromatic rings. The molecule has 1 aromatic carbocycles. The van der Waals surface area contributed by atoms with Crippen LogP contribution in [-0.4, -0.2) is 92.5 Å². The third kappa shape index (κ3) is 5.62. The standard InChI is InChI=1S/C21H21N11O5S3/c22-6-7-31-21(26-29-30-31)39-9-10-8-38-18-13(17(34)32(18)14(10)19(35)36)24-16(33)12(15-25-20(23)40-28-15)27-37-11-4-2-1-3-5-11/h1-5,13,18H,6-9,22H2,(H,24,33)(H,35,36)(H2,23,25,28)/b27-12+. The quantitative estimate of drug-likeness (QED) is 0.0926. The van der Waals surface area contributed by atoms with E-state index in [0.29, 0.717) is 35.3 Å². The number of thioether (sulfide) groups is 2. The van der Waals surface area contributed by atoms with Crippen LogP contribution in [0.3, 0.4) is 0 Å². The molecule has 2 unspecified atom stereocenters. The zero-order valence-electron chi connectivity index (χ0n) is 20.4. The van der Waals surface area contributed by atoms with E-state index in [0.717, 1.165) is 11.5 Å². The second kappa shape index (κ2) is 12.0. The number of nitrogen functional groups attached to an aromatic ring is 1. The molecule has 5 rings (SSSR count). The van der Waals surface area contributed by atoms with Gasteiger partial charge in [-0.15, -0.1) is 16.9 Å². The van der Waals surface area contributed by atoms with Gasteiger partial charge >= 0.3 is 5.97 Å². The van der Waals surface area contributed by atoms with Gasteiger partial charge in [-0.25, -0.2) is 9.48 Å². The number of amides is 2. The summed E-state index contributed by atoms with van der Waals surface area (Å²) in [6.07, 6.45) is 0. The lowest BCUT2D eigenvalue weighted by atomic mass is 10.0.